The molecule has 1 heterocycles. The van der Waals surface area contributed by atoms with Gasteiger partial charge >= 0.3 is 0 Å². The lowest BCUT2D eigenvalue weighted by Crippen LogP contribution is -2.21. The van der Waals surface area contributed by atoms with Crippen LogP contribution in [0.2, 0.25) is 0 Å². The number of benzene rings is 1. The highest BCUT2D eigenvalue weighted by atomic mass is 19.1. The van der Waals surface area contributed by atoms with Gasteiger partial charge in [0.05, 0.1) is 6.04 Å². The molecule has 1 aromatic carbocycles. The Labute approximate surface area is 104 Å². The Kier molecular flexibility index (Phi) is 2.82. The van der Waals surface area contributed by atoms with Gasteiger partial charge in [-0.2, -0.15) is 0 Å². The zero-order valence-corrected chi connectivity index (χ0v) is 10.2. The summed E-state index contributed by atoms with van der Waals surface area (Å²) in [6.07, 6.45) is 2.32. The highest BCUT2D eigenvalue weighted by molar-refractivity contribution is 5.78. The lowest BCUT2D eigenvalue weighted by molar-refractivity contribution is 0.398. The third-order valence-corrected chi connectivity index (χ3v) is 3.38. The Hall–Kier alpha value is -1.42. The van der Waals surface area contributed by atoms with E-state index in [1.165, 1.54) is 6.07 Å². The molecule has 2 nitrogen and oxygen atoms in total. The van der Waals surface area contributed by atoms with Crippen LogP contribution in [0, 0.1) is 17.6 Å². The van der Waals surface area contributed by atoms with Crippen LogP contribution < -0.4 is 5.32 Å². The molecule has 1 aliphatic carbocycles. The molecule has 1 saturated carbocycles. The average molecular weight is 251 g/mol. The second-order valence-corrected chi connectivity index (χ2v) is 4.83. The SMILES string of the molecule is CCNC(c1cc2cc(F)cc(F)c2o1)C1CC1. The number of hydrogen-bond acceptors (Lipinski definition) is 2. The number of nitrogens with one attached hydrogen (secondary N) is 1. The Morgan fingerprint density at radius 2 is 2.11 bits per heavy atom. The molecule has 96 valence electrons. The van der Waals surface area contributed by atoms with Crippen LogP contribution >= 0.6 is 0 Å². The minimum absolute atomic E-state index is 0.116. The van der Waals surface area contributed by atoms with Crippen molar-refractivity contribution in [1.82, 2.24) is 5.32 Å². The van der Waals surface area contributed by atoms with Crippen molar-refractivity contribution in [2.45, 2.75) is 25.8 Å². The molecule has 1 atom stereocenters. The Balaban J connectivity index is 2.03. The van der Waals surface area contributed by atoms with Crippen molar-refractivity contribution in [1.29, 1.82) is 0 Å². The molecular weight excluding hydrogens is 236 g/mol. The quantitative estimate of drug-likeness (QED) is 0.894. The lowest BCUT2D eigenvalue weighted by Gasteiger charge is -2.13. The van der Waals surface area contributed by atoms with E-state index in [1.807, 2.05) is 6.92 Å². The standard InChI is InChI=1S/C14H15F2NO/c1-2-17-13(8-3-4-8)12-6-9-5-10(15)7-11(16)14(9)18-12/h5-8,13,17H,2-4H2,1H3. The maximum absolute atomic E-state index is 13.6. The Morgan fingerprint density at radius 1 is 1.33 bits per heavy atom. The van der Waals surface area contributed by atoms with Gasteiger partial charge in [-0.15, -0.1) is 0 Å². The molecule has 3 rings (SSSR count). The molecule has 0 amide bonds. The van der Waals surface area contributed by atoms with Gasteiger partial charge in [0.2, 0.25) is 0 Å². The van der Waals surface area contributed by atoms with Crippen LogP contribution in [0.4, 0.5) is 8.78 Å². The highest BCUT2D eigenvalue weighted by Crippen LogP contribution is 2.42. The molecule has 0 spiro atoms. The van der Waals surface area contributed by atoms with E-state index < -0.39 is 11.6 Å². The second-order valence-electron chi connectivity index (χ2n) is 4.83. The van der Waals surface area contributed by atoms with Gasteiger partial charge in [0.1, 0.15) is 11.6 Å². The van der Waals surface area contributed by atoms with E-state index in [1.54, 1.807) is 6.07 Å². The number of hydrogen-bond donors (Lipinski definition) is 1. The van der Waals surface area contributed by atoms with Crippen LogP contribution in [0.15, 0.2) is 22.6 Å². The van der Waals surface area contributed by atoms with Gasteiger partial charge in [0.25, 0.3) is 0 Å². The molecule has 4 heteroatoms. The highest BCUT2D eigenvalue weighted by Gasteiger charge is 2.34. The van der Waals surface area contributed by atoms with Crippen molar-refractivity contribution in [3.05, 3.63) is 35.6 Å². The van der Waals surface area contributed by atoms with E-state index in [9.17, 15) is 8.78 Å². The van der Waals surface area contributed by atoms with Crippen LogP contribution in [0.1, 0.15) is 31.6 Å². The van der Waals surface area contributed by atoms with Gasteiger partial charge in [-0.1, -0.05) is 6.92 Å². The fourth-order valence-corrected chi connectivity index (χ4v) is 2.40. The van der Waals surface area contributed by atoms with E-state index in [0.717, 1.165) is 25.5 Å². The van der Waals surface area contributed by atoms with Crippen molar-refractivity contribution in [3.8, 4) is 0 Å². The summed E-state index contributed by atoms with van der Waals surface area (Å²) in [7, 11) is 0. The Morgan fingerprint density at radius 3 is 2.78 bits per heavy atom. The number of fused-ring (bicyclic) bond motifs is 1. The second kappa shape index (κ2) is 4.35. The Bertz CT molecular complexity index is 574. The van der Waals surface area contributed by atoms with Crippen LogP contribution in [0.3, 0.4) is 0 Å². The molecule has 1 N–H and O–H groups in total. The van der Waals surface area contributed by atoms with Crippen molar-refractivity contribution in [2.24, 2.45) is 5.92 Å². The molecule has 0 radical (unpaired) electrons. The molecule has 1 aliphatic rings. The summed E-state index contributed by atoms with van der Waals surface area (Å²) in [6.45, 7) is 2.85. The first-order chi connectivity index (χ1) is 8.69. The van der Waals surface area contributed by atoms with E-state index in [4.69, 9.17) is 4.42 Å². The largest absolute Gasteiger partial charge is 0.456 e. The fourth-order valence-electron chi connectivity index (χ4n) is 2.40. The zero-order chi connectivity index (χ0) is 12.7. The van der Waals surface area contributed by atoms with Gasteiger partial charge < -0.3 is 9.73 Å². The van der Waals surface area contributed by atoms with E-state index in [-0.39, 0.29) is 11.6 Å². The average Bonchev–Trinajstić information content (AvgIpc) is 3.06. The summed E-state index contributed by atoms with van der Waals surface area (Å²) >= 11 is 0. The first kappa shape index (κ1) is 11.7. The fraction of sp³-hybridized carbons (Fsp3) is 0.429. The van der Waals surface area contributed by atoms with Gasteiger partial charge in [-0.25, -0.2) is 8.78 Å². The molecular formula is C14H15F2NO. The first-order valence-corrected chi connectivity index (χ1v) is 6.31. The summed E-state index contributed by atoms with van der Waals surface area (Å²) in [6, 6.07) is 4.02. The van der Waals surface area contributed by atoms with Crippen LogP contribution in [0.25, 0.3) is 11.0 Å². The smallest absolute Gasteiger partial charge is 0.170 e. The molecule has 0 aliphatic heterocycles. The minimum Gasteiger partial charge on any atom is -0.456 e. The maximum atomic E-state index is 13.6. The van der Waals surface area contributed by atoms with Crippen molar-refractivity contribution in [3.63, 3.8) is 0 Å². The minimum atomic E-state index is -0.637. The third kappa shape index (κ3) is 2.01. The molecule has 0 saturated heterocycles. The summed E-state index contributed by atoms with van der Waals surface area (Å²) in [4.78, 5) is 0. The van der Waals surface area contributed by atoms with Crippen molar-refractivity contribution >= 4 is 11.0 Å². The van der Waals surface area contributed by atoms with Crippen LogP contribution in [0.5, 0.6) is 0 Å². The number of halogens is 2. The molecule has 0 bridgehead atoms. The normalized spacial score (nSPS) is 17.3. The predicted octanol–water partition coefficient (Wildman–Crippen LogP) is 3.77. The molecule has 1 fully saturated rings. The van der Waals surface area contributed by atoms with E-state index in [0.29, 0.717) is 17.1 Å². The summed E-state index contributed by atoms with van der Waals surface area (Å²) in [5.41, 5.74) is 0.148. The predicted molar refractivity (Wildman–Crippen MR) is 65.3 cm³/mol. The summed E-state index contributed by atoms with van der Waals surface area (Å²) in [5, 5.41) is 3.84. The van der Waals surface area contributed by atoms with E-state index in [2.05, 4.69) is 5.32 Å². The third-order valence-electron chi connectivity index (χ3n) is 3.38. The monoisotopic (exact) mass is 251 g/mol. The topological polar surface area (TPSA) is 25.2 Å². The first-order valence-electron chi connectivity index (χ1n) is 6.31. The zero-order valence-electron chi connectivity index (χ0n) is 10.2. The van der Waals surface area contributed by atoms with Gasteiger partial charge in [0, 0.05) is 11.5 Å². The lowest BCUT2D eigenvalue weighted by atomic mass is 10.1. The summed E-state index contributed by atoms with van der Waals surface area (Å²) < 4.78 is 32.3. The van der Waals surface area contributed by atoms with Crippen LogP contribution in [-0.4, -0.2) is 6.54 Å². The van der Waals surface area contributed by atoms with Gasteiger partial charge in [0.15, 0.2) is 11.4 Å². The van der Waals surface area contributed by atoms with Gasteiger partial charge in [-0.3, -0.25) is 0 Å². The molecule has 2 aromatic rings. The maximum Gasteiger partial charge on any atom is 0.170 e. The molecule has 18 heavy (non-hydrogen) atoms. The van der Waals surface area contributed by atoms with Crippen molar-refractivity contribution < 1.29 is 13.2 Å². The van der Waals surface area contributed by atoms with E-state index >= 15 is 0 Å². The van der Waals surface area contributed by atoms with Crippen LogP contribution in [-0.2, 0) is 0 Å². The summed E-state index contributed by atoms with van der Waals surface area (Å²) in [5.74, 6) is 0.0540. The van der Waals surface area contributed by atoms with Gasteiger partial charge in [-0.05, 0) is 37.4 Å². The molecule has 1 unspecified atom stereocenters. The number of rotatable bonds is 4. The molecule has 1 aromatic heterocycles. The van der Waals surface area contributed by atoms with Crippen molar-refractivity contribution in [2.75, 3.05) is 6.54 Å². The number of furan rings is 1.